The summed E-state index contributed by atoms with van der Waals surface area (Å²) in [5, 5.41) is 0. The van der Waals surface area contributed by atoms with E-state index in [1.54, 1.807) is 0 Å². The molecule has 0 heterocycles. The van der Waals surface area contributed by atoms with Gasteiger partial charge in [0.25, 0.3) is 0 Å². The largest absolute Gasteiger partial charge is 0.376 e. The quantitative estimate of drug-likeness (QED) is 0.704. The van der Waals surface area contributed by atoms with Gasteiger partial charge in [0.05, 0.1) is 12.2 Å². The Morgan fingerprint density at radius 3 is 2.75 bits per heavy atom. The third-order valence-electron chi connectivity index (χ3n) is 2.53. The van der Waals surface area contributed by atoms with E-state index in [0.29, 0.717) is 18.1 Å². The summed E-state index contributed by atoms with van der Waals surface area (Å²) in [6, 6.07) is 0. The highest BCUT2D eigenvalue weighted by atomic mass is 16.5. The Balaban J connectivity index is 2.25. The predicted molar refractivity (Wildman–Crippen MR) is 51.0 cm³/mol. The van der Waals surface area contributed by atoms with Crippen molar-refractivity contribution in [2.45, 2.75) is 51.7 Å². The molecule has 2 nitrogen and oxygen atoms in total. The van der Waals surface area contributed by atoms with Crippen LogP contribution in [0.2, 0.25) is 0 Å². The summed E-state index contributed by atoms with van der Waals surface area (Å²) in [5.74, 6) is 0.711. The van der Waals surface area contributed by atoms with Crippen molar-refractivity contribution in [1.29, 1.82) is 0 Å². The molecule has 0 aromatic rings. The van der Waals surface area contributed by atoms with E-state index in [2.05, 4.69) is 13.8 Å². The van der Waals surface area contributed by atoms with E-state index in [9.17, 15) is 0 Å². The van der Waals surface area contributed by atoms with Crippen molar-refractivity contribution < 1.29 is 4.74 Å². The van der Waals surface area contributed by atoms with Crippen LogP contribution in [0.3, 0.4) is 0 Å². The molecule has 2 N–H and O–H groups in total. The maximum atomic E-state index is 5.77. The van der Waals surface area contributed by atoms with Gasteiger partial charge in [-0.2, -0.15) is 0 Å². The zero-order valence-corrected chi connectivity index (χ0v) is 8.25. The van der Waals surface area contributed by atoms with Crippen molar-refractivity contribution in [2.75, 3.05) is 6.54 Å². The minimum atomic E-state index is 0.367. The molecule has 0 amide bonds. The fourth-order valence-corrected chi connectivity index (χ4v) is 1.96. The molecule has 1 fully saturated rings. The van der Waals surface area contributed by atoms with Crippen LogP contribution in [0.5, 0.6) is 0 Å². The number of ether oxygens (including phenoxy) is 1. The SMILES string of the molecule is CC(C)OC1CCCC(CN)C1. The summed E-state index contributed by atoms with van der Waals surface area (Å²) >= 11 is 0. The Bertz CT molecular complexity index is 125. The minimum absolute atomic E-state index is 0.367. The Kier molecular flexibility index (Phi) is 4.02. The van der Waals surface area contributed by atoms with E-state index < -0.39 is 0 Å². The fraction of sp³-hybridized carbons (Fsp3) is 1.00. The second kappa shape index (κ2) is 4.83. The summed E-state index contributed by atoms with van der Waals surface area (Å²) in [6.45, 7) is 5.04. The Morgan fingerprint density at radius 2 is 2.17 bits per heavy atom. The van der Waals surface area contributed by atoms with Crippen molar-refractivity contribution in [3.63, 3.8) is 0 Å². The standard InChI is InChI=1S/C10H21NO/c1-8(2)12-10-5-3-4-9(6-10)7-11/h8-10H,3-7,11H2,1-2H3. The van der Waals surface area contributed by atoms with Gasteiger partial charge in [0.1, 0.15) is 0 Å². The first kappa shape index (κ1) is 10.0. The Hall–Kier alpha value is -0.0800. The molecule has 2 heteroatoms. The van der Waals surface area contributed by atoms with Gasteiger partial charge in [-0.3, -0.25) is 0 Å². The lowest BCUT2D eigenvalue weighted by Gasteiger charge is -2.29. The molecule has 2 unspecified atom stereocenters. The van der Waals surface area contributed by atoms with Crippen LogP contribution in [-0.2, 0) is 4.74 Å². The second-order valence-corrected chi connectivity index (χ2v) is 4.08. The average Bonchev–Trinajstić information content (AvgIpc) is 2.03. The summed E-state index contributed by atoms with van der Waals surface area (Å²) in [7, 11) is 0. The van der Waals surface area contributed by atoms with Crippen LogP contribution in [0.1, 0.15) is 39.5 Å². The van der Waals surface area contributed by atoms with Gasteiger partial charge < -0.3 is 10.5 Å². The molecule has 1 saturated carbocycles. The van der Waals surface area contributed by atoms with E-state index in [1.807, 2.05) is 0 Å². The van der Waals surface area contributed by atoms with Gasteiger partial charge in [-0.25, -0.2) is 0 Å². The zero-order valence-electron chi connectivity index (χ0n) is 8.25. The molecule has 0 radical (unpaired) electrons. The maximum absolute atomic E-state index is 5.77. The molecule has 72 valence electrons. The molecule has 0 spiro atoms. The third kappa shape index (κ3) is 3.11. The number of hydrogen-bond acceptors (Lipinski definition) is 2. The highest BCUT2D eigenvalue weighted by molar-refractivity contribution is 4.74. The summed E-state index contributed by atoms with van der Waals surface area (Å²) in [5.41, 5.74) is 5.64. The maximum Gasteiger partial charge on any atom is 0.0581 e. The highest BCUT2D eigenvalue weighted by Gasteiger charge is 2.21. The minimum Gasteiger partial charge on any atom is -0.376 e. The van der Waals surface area contributed by atoms with E-state index in [1.165, 1.54) is 25.7 Å². The lowest BCUT2D eigenvalue weighted by Crippen LogP contribution is -2.29. The van der Waals surface area contributed by atoms with Gasteiger partial charge in [-0.15, -0.1) is 0 Å². The molecule has 0 saturated heterocycles. The van der Waals surface area contributed by atoms with Crippen molar-refractivity contribution in [3.05, 3.63) is 0 Å². The molecule has 12 heavy (non-hydrogen) atoms. The molecule has 1 rings (SSSR count). The van der Waals surface area contributed by atoms with Gasteiger partial charge >= 0.3 is 0 Å². The summed E-state index contributed by atoms with van der Waals surface area (Å²) in [6.07, 6.45) is 5.84. The Morgan fingerprint density at radius 1 is 1.42 bits per heavy atom. The van der Waals surface area contributed by atoms with Gasteiger partial charge in [0.2, 0.25) is 0 Å². The topological polar surface area (TPSA) is 35.2 Å². The highest BCUT2D eigenvalue weighted by Crippen LogP contribution is 2.26. The van der Waals surface area contributed by atoms with Crippen LogP contribution in [0.15, 0.2) is 0 Å². The first-order valence-corrected chi connectivity index (χ1v) is 5.08. The van der Waals surface area contributed by atoms with Crippen molar-refractivity contribution >= 4 is 0 Å². The van der Waals surface area contributed by atoms with Gasteiger partial charge in [-0.05, 0) is 45.6 Å². The first-order chi connectivity index (χ1) is 5.72. The Labute approximate surface area is 75.5 Å². The molecule has 0 aliphatic heterocycles. The number of hydrogen-bond donors (Lipinski definition) is 1. The summed E-state index contributed by atoms with van der Waals surface area (Å²) < 4.78 is 5.77. The van der Waals surface area contributed by atoms with E-state index in [-0.39, 0.29) is 0 Å². The van der Waals surface area contributed by atoms with E-state index in [4.69, 9.17) is 10.5 Å². The van der Waals surface area contributed by atoms with Crippen LogP contribution < -0.4 is 5.73 Å². The predicted octanol–water partition coefficient (Wildman–Crippen LogP) is 1.93. The molecular formula is C10H21NO. The third-order valence-corrected chi connectivity index (χ3v) is 2.53. The zero-order chi connectivity index (χ0) is 8.97. The lowest BCUT2D eigenvalue weighted by atomic mass is 9.87. The molecular weight excluding hydrogens is 150 g/mol. The van der Waals surface area contributed by atoms with Crippen LogP contribution >= 0.6 is 0 Å². The van der Waals surface area contributed by atoms with Gasteiger partial charge in [-0.1, -0.05) is 6.42 Å². The van der Waals surface area contributed by atoms with Crippen LogP contribution in [-0.4, -0.2) is 18.8 Å². The van der Waals surface area contributed by atoms with Crippen LogP contribution in [0.25, 0.3) is 0 Å². The van der Waals surface area contributed by atoms with Crippen molar-refractivity contribution in [1.82, 2.24) is 0 Å². The molecule has 0 aromatic heterocycles. The van der Waals surface area contributed by atoms with E-state index >= 15 is 0 Å². The number of nitrogens with two attached hydrogens (primary N) is 1. The molecule has 1 aliphatic rings. The lowest BCUT2D eigenvalue weighted by molar-refractivity contribution is -0.0228. The van der Waals surface area contributed by atoms with Crippen molar-refractivity contribution in [3.8, 4) is 0 Å². The normalized spacial score (nSPS) is 31.0. The van der Waals surface area contributed by atoms with Crippen LogP contribution in [0, 0.1) is 5.92 Å². The fourth-order valence-electron chi connectivity index (χ4n) is 1.96. The average molecular weight is 171 g/mol. The van der Waals surface area contributed by atoms with Gasteiger partial charge in [0, 0.05) is 0 Å². The van der Waals surface area contributed by atoms with Gasteiger partial charge in [0.15, 0.2) is 0 Å². The molecule has 1 aliphatic carbocycles. The molecule has 2 atom stereocenters. The molecule has 0 bridgehead atoms. The smallest absolute Gasteiger partial charge is 0.0581 e. The summed E-state index contributed by atoms with van der Waals surface area (Å²) in [4.78, 5) is 0. The first-order valence-electron chi connectivity index (χ1n) is 5.08. The number of rotatable bonds is 3. The molecule has 0 aromatic carbocycles. The monoisotopic (exact) mass is 171 g/mol. The van der Waals surface area contributed by atoms with E-state index in [0.717, 1.165) is 6.54 Å². The van der Waals surface area contributed by atoms with Crippen LogP contribution in [0.4, 0.5) is 0 Å². The second-order valence-electron chi connectivity index (χ2n) is 4.08. The van der Waals surface area contributed by atoms with Crippen molar-refractivity contribution in [2.24, 2.45) is 11.7 Å².